The van der Waals surface area contributed by atoms with E-state index < -0.39 is 5.41 Å². The summed E-state index contributed by atoms with van der Waals surface area (Å²) in [6, 6.07) is 6.28. The Morgan fingerprint density at radius 1 is 1.40 bits per heavy atom. The van der Waals surface area contributed by atoms with E-state index in [9.17, 15) is 9.18 Å². The summed E-state index contributed by atoms with van der Waals surface area (Å²) in [5.74, 6) is 0.522. The molecule has 20 heavy (non-hydrogen) atoms. The molecule has 0 aliphatic carbocycles. The van der Waals surface area contributed by atoms with Gasteiger partial charge in [0, 0.05) is 5.56 Å². The molecule has 6 heteroatoms. The van der Waals surface area contributed by atoms with Crippen molar-refractivity contribution in [3.8, 4) is 0 Å². The van der Waals surface area contributed by atoms with Crippen LogP contribution in [0.2, 0.25) is 0 Å². The van der Waals surface area contributed by atoms with E-state index in [0.717, 1.165) is 0 Å². The molecule has 0 aliphatic heterocycles. The molecule has 1 heterocycles. The number of nitrogens with zero attached hydrogens (tertiary/aromatic N) is 2. The molecule has 0 saturated heterocycles. The second-order valence-corrected chi connectivity index (χ2v) is 5.12. The van der Waals surface area contributed by atoms with Crippen LogP contribution < -0.4 is 5.32 Å². The van der Waals surface area contributed by atoms with E-state index in [4.69, 9.17) is 0 Å². The summed E-state index contributed by atoms with van der Waals surface area (Å²) < 4.78 is 13.8. The van der Waals surface area contributed by atoms with Crippen molar-refractivity contribution in [1.29, 1.82) is 0 Å². The van der Waals surface area contributed by atoms with Crippen LogP contribution in [0.4, 0.5) is 4.39 Å². The van der Waals surface area contributed by atoms with Gasteiger partial charge in [-0.3, -0.25) is 9.89 Å². The number of carbonyl (C=O) groups excluding carboxylic acids is 1. The fourth-order valence-corrected chi connectivity index (χ4v) is 1.94. The number of aromatic nitrogens is 3. The molecule has 1 aromatic heterocycles. The summed E-state index contributed by atoms with van der Waals surface area (Å²) in [7, 11) is 0. The van der Waals surface area contributed by atoms with Crippen molar-refractivity contribution in [1.82, 2.24) is 20.5 Å². The summed E-state index contributed by atoms with van der Waals surface area (Å²) >= 11 is 0. The molecule has 106 valence electrons. The van der Waals surface area contributed by atoms with Crippen molar-refractivity contribution < 1.29 is 9.18 Å². The third-order valence-electron chi connectivity index (χ3n) is 3.17. The quantitative estimate of drug-likeness (QED) is 0.895. The van der Waals surface area contributed by atoms with Gasteiger partial charge in [0.1, 0.15) is 11.6 Å². The Morgan fingerprint density at radius 2 is 2.10 bits per heavy atom. The normalized spacial score (nSPS) is 11.4. The maximum atomic E-state index is 13.8. The molecular weight excluding hydrogens is 259 g/mol. The first-order valence-electron chi connectivity index (χ1n) is 6.32. The molecule has 0 spiro atoms. The van der Waals surface area contributed by atoms with Crippen molar-refractivity contribution in [3.63, 3.8) is 0 Å². The topological polar surface area (TPSA) is 70.7 Å². The SMILES string of the molecule is Cc1nc(CNC(=O)C(C)(C)c2ccccc2F)n[nH]1. The standard InChI is InChI=1S/C14H17FN4O/c1-9-17-12(19-18-9)8-16-13(20)14(2,3)10-6-4-5-7-11(10)15/h4-7H,8H2,1-3H3,(H,16,20)(H,17,18,19). The Kier molecular flexibility index (Phi) is 3.83. The van der Waals surface area contributed by atoms with Gasteiger partial charge >= 0.3 is 0 Å². The zero-order valence-corrected chi connectivity index (χ0v) is 11.7. The van der Waals surface area contributed by atoms with Gasteiger partial charge < -0.3 is 5.32 Å². The van der Waals surface area contributed by atoms with Gasteiger partial charge in [0.2, 0.25) is 5.91 Å². The van der Waals surface area contributed by atoms with Gasteiger partial charge in [-0.15, -0.1) is 0 Å². The smallest absolute Gasteiger partial charge is 0.230 e. The van der Waals surface area contributed by atoms with Crippen molar-refractivity contribution in [2.75, 3.05) is 0 Å². The summed E-state index contributed by atoms with van der Waals surface area (Å²) in [6.45, 7) is 5.36. The average Bonchev–Trinajstić information content (AvgIpc) is 2.82. The number of rotatable bonds is 4. The van der Waals surface area contributed by atoms with Gasteiger partial charge in [-0.25, -0.2) is 9.37 Å². The largest absolute Gasteiger partial charge is 0.348 e. The number of aryl methyl sites for hydroxylation is 1. The number of hydrogen-bond acceptors (Lipinski definition) is 3. The second kappa shape index (κ2) is 5.40. The fourth-order valence-electron chi connectivity index (χ4n) is 1.94. The van der Waals surface area contributed by atoms with Crippen LogP contribution in [0.3, 0.4) is 0 Å². The van der Waals surface area contributed by atoms with E-state index in [-0.39, 0.29) is 18.3 Å². The molecule has 5 nitrogen and oxygen atoms in total. The predicted molar refractivity (Wildman–Crippen MR) is 72.4 cm³/mol. The number of halogens is 1. The highest BCUT2D eigenvalue weighted by Gasteiger charge is 2.32. The average molecular weight is 276 g/mol. The van der Waals surface area contributed by atoms with Gasteiger partial charge in [-0.2, -0.15) is 5.10 Å². The molecule has 2 aromatic rings. The van der Waals surface area contributed by atoms with Crippen LogP contribution in [0.25, 0.3) is 0 Å². The first-order valence-corrected chi connectivity index (χ1v) is 6.32. The van der Waals surface area contributed by atoms with Crippen LogP contribution >= 0.6 is 0 Å². The highest BCUT2D eigenvalue weighted by Crippen LogP contribution is 2.25. The van der Waals surface area contributed by atoms with Crippen LogP contribution in [0, 0.1) is 12.7 Å². The number of aromatic amines is 1. The Morgan fingerprint density at radius 3 is 2.70 bits per heavy atom. The molecule has 0 fully saturated rings. The molecular formula is C14H17FN4O. The lowest BCUT2D eigenvalue weighted by Crippen LogP contribution is -2.40. The van der Waals surface area contributed by atoms with E-state index in [1.807, 2.05) is 0 Å². The lowest BCUT2D eigenvalue weighted by molar-refractivity contribution is -0.125. The molecule has 2 rings (SSSR count). The van der Waals surface area contributed by atoms with Crippen LogP contribution in [0.15, 0.2) is 24.3 Å². The molecule has 0 bridgehead atoms. The zero-order valence-electron chi connectivity index (χ0n) is 11.7. The number of benzene rings is 1. The van der Waals surface area contributed by atoms with E-state index in [0.29, 0.717) is 17.2 Å². The summed E-state index contributed by atoms with van der Waals surface area (Å²) in [4.78, 5) is 16.4. The number of amides is 1. The molecule has 0 unspecified atom stereocenters. The maximum Gasteiger partial charge on any atom is 0.230 e. The Bertz CT molecular complexity index is 621. The summed E-state index contributed by atoms with van der Waals surface area (Å²) in [5, 5.41) is 9.36. The van der Waals surface area contributed by atoms with Crippen LogP contribution in [0.1, 0.15) is 31.1 Å². The van der Waals surface area contributed by atoms with E-state index in [1.165, 1.54) is 6.07 Å². The van der Waals surface area contributed by atoms with E-state index in [2.05, 4.69) is 20.5 Å². The fraction of sp³-hybridized carbons (Fsp3) is 0.357. The van der Waals surface area contributed by atoms with Crippen LogP contribution in [-0.2, 0) is 16.8 Å². The van der Waals surface area contributed by atoms with Gasteiger partial charge in [-0.1, -0.05) is 18.2 Å². The van der Waals surface area contributed by atoms with E-state index >= 15 is 0 Å². The molecule has 1 aromatic carbocycles. The first-order chi connectivity index (χ1) is 9.41. The van der Waals surface area contributed by atoms with Gasteiger partial charge in [0.05, 0.1) is 12.0 Å². The van der Waals surface area contributed by atoms with Crippen molar-refractivity contribution in [3.05, 3.63) is 47.3 Å². The minimum absolute atomic E-state index is 0.209. The predicted octanol–water partition coefficient (Wildman–Crippen LogP) is 1.85. The zero-order chi connectivity index (χ0) is 14.8. The van der Waals surface area contributed by atoms with Gasteiger partial charge in [0.25, 0.3) is 0 Å². The highest BCUT2D eigenvalue weighted by atomic mass is 19.1. The lowest BCUT2D eigenvalue weighted by Gasteiger charge is -2.24. The minimum Gasteiger partial charge on any atom is -0.348 e. The lowest BCUT2D eigenvalue weighted by atomic mass is 9.83. The summed E-state index contributed by atoms with van der Waals surface area (Å²) in [6.07, 6.45) is 0. The maximum absolute atomic E-state index is 13.8. The van der Waals surface area contributed by atoms with Gasteiger partial charge in [0.15, 0.2) is 5.82 Å². The van der Waals surface area contributed by atoms with Crippen molar-refractivity contribution in [2.24, 2.45) is 0 Å². The molecule has 1 amide bonds. The monoisotopic (exact) mass is 276 g/mol. The van der Waals surface area contributed by atoms with Crippen LogP contribution in [-0.4, -0.2) is 21.1 Å². The second-order valence-electron chi connectivity index (χ2n) is 5.12. The molecule has 0 saturated carbocycles. The molecule has 2 N–H and O–H groups in total. The first kappa shape index (κ1) is 14.2. The van der Waals surface area contributed by atoms with Crippen molar-refractivity contribution >= 4 is 5.91 Å². The van der Waals surface area contributed by atoms with Crippen molar-refractivity contribution in [2.45, 2.75) is 32.7 Å². The molecule has 0 radical (unpaired) electrons. The molecule has 0 atom stereocenters. The summed E-state index contributed by atoms with van der Waals surface area (Å²) in [5.41, 5.74) is -0.597. The number of nitrogens with one attached hydrogen (secondary N) is 2. The minimum atomic E-state index is -0.962. The third-order valence-corrected chi connectivity index (χ3v) is 3.17. The molecule has 0 aliphatic rings. The number of carbonyl (C=O) groups is 1. The highest BCUT2D eigenvalue weighted by molar-refractivity contribution is 5.87. The van der Waals surface area contributed by atoms with E-state index in [1.54, 1.807) is 39.0 Å². The number of H-pyrrole nitrogens is 1. The Hall–Kier alpha value is -2.24. The Labute approximate surface area is 116 Å². The number of hydrogen-bond donors (Lipinski definition) is 2. The van der Waals surface area contributed by atoms with Gasteiger partial charge in [-0.05, 0) is 26.8 Å². The Balaban J connectivity index is 2.09. The third kappa shape index (κ3) is 2.84. The van der Waals surface area contributed by atoms with Crippen LogP contribution in [0.5, 0.6) is 0 Å².